The zero-order valence-corrected chi connectivity index (χ0v) is 11.9. The van der Waals surface area contributed by atoms with E-state index in [-0.39, 0.29) is 11.6 Å². The number of hydrogen-bond acceptors (Lipinski definition) is 4. The second-order valence-electron chi connectivity index (χ2n) is 5.13. The molecule has 0 amide bonds. The van der Waals surface area contributed by atoms with Crippen LogP contribution in [-0.2, 0) is 9.47 Å². The summed E-state index contributed by atoms with van der Waals surface area (Å²) >= 11 is 0. The number of nitrogens with one attached hydrogen (secondary N) is 1. The van der Waals surface area contributed by atoms with Gasteiger partial charge in [0, 0.05) is 13.7 Å². The number of ether oxygens (including phenoxy) is 2. The minimum absolute atomic E-state index is 0.132. The van der Waals surface area contributed by atoms with E-state index in [1.165, 1.54) is 0 Å². The standard InChI is InChI=1S/C14H26N2O2/c1-4-16-14(11-15)8-5-6-13(14)7-9-18-12(2)10-17-3/h12-13,16H,4-10H2,1-3H3. The molecular weight excluding hydrogens is 228 g/mol. The molecule has 0 bridgehead atoms. The van der Waals surface area contributed by atoms with Gasteiger partial charge in [0.2, 0.25) is 0 Å². The Morgan fingerprint density at radius 1 is 1.56 bits per heavy atom. The Morgan fingerprint density at radius 2 is 2.33 bits per heavy atom. The Hall–Kier alpha value is -0.630. The molecule has 1 aliphatic rings. The van der Waals surface area contributed by atoms with Crippen molar-refractivity contribution in [1.82, 2.24) is 5.32 Å². The molecule has 4 heteroatoms. The normalized spacial score (nSPS) is 29.1. The number of nitriles is 1. The average molecular weight is 254 g/mol. The first-order valence-electron chi connectivity index (χ1n) is 6.95. The zero-order valence-electron chi connectivity index (χ0n) is 11.9. The number of nitrogens with zero attached hydrogens (tertiary/aromatic N) is 1. The van der Waals surface area contributed by atoms with Gasteiger partial charge in [0.25, 0.3) is 0 Å². The highest BCUT2D eigenvalue weighted by molar-refractivity contribution is 5.13. The highest BCUT2D eigenvalue weighted by Crippen LogP contribution is 2.37. The maximum atomic E-state index is 9.44. The first-order chi connectivity index (χ1) is 8.68. The first kappa shape index (κ1) is 15.4. The molecule has 1 aliphatic carbocycles. The van der Waals surface area contributed by atoms with Crippen LogP contribution in [0.1, 0.15) is 39.5 Å². The number of hydrogen-bond donors (Lipinski definition) is 1. The Kier molecular flexibility index (Phi) is 6.62. The van der Waals surface area contributed by atoms with Gasteiger partial charge in [-0.25, -0.2) is 0 Å². The van der Waals surface area contributed by atoms with Crippen molar-refractivity contribution in [3.05, 3.63) is 0 Å². The van der Waals surface area contributed by atoms with Gasteiger partial charge >= 0.3 is 0 Å². The van der Waals surface area contributed by atoms with Crippen LogP contribution < -0.4 is 5.32 Å². The lowest BCUT2D eigenvalue weighted by atomic mass is 9.86. The maximum Gasteiger partial charge on any atom is 0.109 e. The Bertz CT molecular complexity index is 277. The monoisotopic (exact) mass is 254 g/mol. The second kappa shape index (κ2) is 7.73. The van der Waals surface area contributed by atoms with E-state index in [2.05, 4.69) is 18.3 Å². The van der Waals surface area contributed by atoms with Crippen LogP contribution in [0.2, 0.25) is 0 Å². The fourth-order valence-electron chi connectivity index (χ4n) is 2.90. The summed E-state index contributed by atoms with van der Waals surface area (Å²) in [6.07, 6.45) is 4.32. The van der Waals surface area contributed by atoms with Gasteiger partial charge in [-0.1, -0.05) is 13.3 Å². The van der Waals surface area contributed by atoms with E-state index >= 15 is 0 Å². The molecule has 1 saturated carbocycles. The lowest BCUT2D eigenvalue weighted by molar-refractivity contribution is 0.00187. The van der Waals surface area contributed by atoms with Crippen LogP contribution in [0.25, 0.3) is 0 Å². The SMILES string of the molecule is CCNC1(C#N)CCCC1CCOC(C)COC. The van der Waals surface area contributed by atoms with Gasteiger partial charge in [0.1, 0.15) is 5.54 Å². The molecule has 0 aliphatic heterocycles. The molecule has 0 spiro atoms. The predicted molar refractivity (Wildman–Crippen MR) is 71.3 cm³/mol. The van der Waals surface area contributed by atoms with Gasteiger partial charge < -0.3 is 9.47 Å². The van der Waals surface area contributed by atoms with E-state index in [4.69, 9.17) is 9.47 Å². The molecule has 104 valence electrons. The first-order valence-corrected chi connectivity index (χ1v) is 6.95. The highest BCUT2D eigenvalue weighted by Gasteiger charge is 2.42. The van der Waals surface area contributed by atoms with Crippen molar-refractivity contribution in [2.24, 2.45) is 5.92 Å². The maximum absolute atomic E-state index is 9.44. The fraction of sp³-hybridized carbons (Fsp3) is 0.929. The van der Waals surface area contributed by atoms with Crippen LogP contribution in [-0.4, -0.2) is 38.5 Å². The summed E-state index contributed by atoms with van der Waals surface area (Å²) in [6.45, 7) is 6.27. The van der Waals surface area contributed by atoms with Crippen molar-refractivity contribution in [2.45, 2.75) is 51.2 Å². The average Bonchev–Trinajstić information content (AvgIpc) is 2.74. The van der Waals surface area contributed by atoms with Gasteiger partial charge in [0.05, 0.1) is 18.8 Å². The van der Waals surface area contributed by atoms with Crippen LogP contribution in [0.15, 0.2) is 0 Å². The van der Waals surface area contributed by atoms with Gasteiger partial charge in [-0.3, -0.25) is 5.32 Å². The summed E-state index contributed by atoms with van der Waals surface area (Å²) in [4.78, 5) is 0. The molecule has 0 heterocycles. The van der Waals surface area contributed by atoms with Crippen LogP contribution >= 0.6 is 0 Å². The minimum Gasteiger partial charge on any atom is -0.382 e. The molecule has 3 atom stereocenters. The van der Waals surface area contributed by atoms with Gasteiger partial charge in [-0.05, 0) is 38.6 Å². The lowest BCUT2D eigenvalue weighted by Gasteiger charge is -2.29. The second-order valence-corrected chi connectivity index (χ2v) is 5.13. The van der Waals surface area contributed by atoms with E-state index in [0.717, 1.165) is 32.2 Å². The van der Waals surface area contributed by atoms with Crippen molar-refractivity contribution in [1.29, 1.82) is 5.26 Å². The van der Waals surface area contributed by atoms with Crippen molar-refractivity contribution in [3.63, 3.8) is 0 Å². The summed E-state index contributed by atoms with van der Waals surface area (Å²) < 4.78 is 10.7. The number of rotatable bonds is 8. The van der Waals surface area contributed by atoms with E-state index < -0.39 is 0 Å². The van der Waals surface area contributed by atoms with Crippen LogP contribution in [0, 0.1) is 17.2 Å². The molecule has 0 radical (unpaired) electrons. The number of methoxy groups -OCH3 is 1. The topological polar surface area (TPSA) is 54.3 Å². The highest BCUT2D eigenvalue weighted by atomic mass is 16.5. The largest absolute Gasteiger partial charge is 0.382 e. The third-order valence-corrected chi connectivity index (χ3v) is 3.78. The van der Waals surface area contributed by atoms with Crippen molar-refractivity contribution < 1.29 is 9.47 Å². The third kappa shape index (κ3) is 3.94. The molecule has 4 nitrogen and oxygen atoms in total. The zero-order chi connectivity index (χ0) is 13.4. The van der Waals surface area contributed by atoms with E-state index in [9.17, 15) is 5.26 Å². The molecule has 0 aromatic heterocycles. The van der Waals surface area contributed by atoms with E-state index in [0.29, 0.717) is 19.1 Å². The summed E-state index contributed by atoms with van der Waals surface area (Å²) in [7, 11) is 1.68. The van der Waals surface area contributed by atoms with E-state index in [1.54, 1.807) is 7.11 Å². The fourth-order valence-corrected chi connectivity index (χ4v) is 2.90. The summed E-state index contributed by atoms with van der Waals surface area (Å²) in [6, 6.07) is 2.50. The molecule has 1 rings (SSSR count). The Labute approximate surface area is 111 Å². The van der Waals surface area contributed by atoms with Gasteiger partial charge in [-0.2, -0.15) is 5.26 Å². The molecule has 1 N–H and O–H groups in total. The molecular formula is C14H26N2O2. The molecule has 0 saturated heterocycles. The quantitative estimate of drug-likeness (QED) is 0.720. The van der Waals surface area contributed by atoms with Gasteiger partial charge in [0.15, 0.2) is 0 Å². The minimum atomic E-state index is -0.317. The Morgan fingerprint density at radius 3 is 2.94 bits per heavy atom. The third-order valence-electron chi connectivity index (χ3n) is 3.78. The van der Waals surface area contributed by atoms with Crippen LogP contribution in [0.5, 0.6) is 0 Å². The van der Waals surface area contributed by atoms with Crippen LogP contribution in [0.4, 0.5) is 0 Å². The molecule has 1 fully saturated rings. The van der Waals surface area contributed by atoms with E-state index in [1.807, 2.05) is 6.92 Å². The Balaban J connectivity index is 2.38. The molecule has 0 aromatic carbocycles. The smallest absolute Gasteiger partial charge is 0.109 e. The molecule has 0 aromatic rings. The van der Waals surface area contributed by atoms with Crippen molar-refractivity contribution in [2.75, 3.05) is 26.9 Å². The van der Waals surface area contributed by atoms with Gasteiger partial charge in [-0.15, -0.1) is 0 Å². The lowest BCUT2D eigenvalue weighted by Crippen LogP contribution is -2.47. The summed E-state index contributed by atoms with van der Waals surface area (Å²) in [5, 5.41) is 12.8. The van der Waals surface area contributed by atoms with Crippen molar-refractivity contribution in [3.8, 4) is 6.07 Å². The molecule has 18 heavy (non-hydrogen) atoms. The summed E-state index contributed by atoms with van der Waals surface area (Å²) in [5.41, 5.74) is -0.317. The van der Waals surface area contributed by atoms with Crippen LogP contribution in [0.3, 0.4) is 0 Å². The summed E-state index contributed by atoms with van der Waals surface area (Å²) in [5.74, 6) is 0.414. The molecule has 3 unspecified atom stereocenters. The van der Waals surface area contributed by atoms with Crippen molar-refractivity contribution >= 4 is 0 Å². The predicted octanol–water partition coefficient (Wildman–Crippen LogP) is 2.10.